The summed E-state index contributed by atoms with van der Waals surface area (Å²) in [6.45, 7) is 2.16. The average molecular weight is 248 g/mol. The summed E-state index contributed by atoms with van der Waals surface area (Å²) in [5.74, 6) is 0. The zero-order chi connectivity index (χ0) is 13.1. The van der Waals surface area contributed by atoms with Crippen molar-refractivity contribution < 1.29 is 0 Å². The second-order valence-electron chi connectivity index (χ2n) is 4.69. The van der Waals surface area contributed by atoms with E-state index in [0.717, 1.165) is 16.6 Å². The molecule has 0 amide bonds. The van der Waals surface area contributed by atoms with Gasteiger partial charge in [-0.05, 0) is 24.6 Å². The summed E-state index contributed by atoms with van der Waals surface area (Å²) in [5, 5.41) is 4.65. The summed E-state index contributed by atoms with van der Waals surface area (Å²) in [6.07, 6.45) is 1.89. The van der Waals surface area contributed by atoms with Crippen LogP contribution in [0.1, 0.15) is 18.5 Å². The van der Waals surface area contributed by atoms with E-state index in [4.69, 9.17) is 0 Å². The predicted octanol–water partition coefficient (Wildman–Crippen LogP) is 4.41. The van der Waals surface area contributed by atoms with Gasteiger partial charge in [0.2, 0.25) is 0 Å². The van der Waals surface area contributed by atoms with Crippen molar-refractivity contribution >= 4 is 16.6 Å². The summed E-state index contributed by atoms with van der Waals surface area (Å²) in [5.41, 5.74) is 3.35. The molecule has 1 unspecified atom stereocenters. The van der Waals surface area contributed by atoms with Crippen LogP contribution >= 0.6 is 0 Å². The van der Waals surface area contributed by atoms with Gasteiger partial charge in [-0.1, -0.05) is 48.5 Å². The number of rotatable bonds is 3. The normalized spacial score (nSPS) is 12.3. The van der Waals surface area contributed by atoms with Crippen LogP contribution in [0.4, 0.5) is 5.69 Å². The zero-order valence-electron chi connectivity index (χ0n) is 10.9. The molecule has 0 aliphatic carbocycles. The molecule has 0 fully saturated rings. The molecule has 1 N–H and O–H groups in total. The highest BCUT2D eigenvalue weighted by Gasteiger charge is 2.05. The Hall–Kier alpha value is -2.35. The Kier molecular flexibility index (Phi) is 3.15. The molecular formula is C17H16N2. The Morgan fingerprint density at radius 3 is 2.53 bits per heavy atom. The number of anilines is 1. The van der Waals surface area contributed by atoms with Crippen molar-refractivity contribution in [3.05, 3.63) is 72.4 Å². The fourth-order valence-corrected chi connectivity index (χ4v) is 2.23. The molecule has 0 aliphatic heterocycles. The fourth-order valence-electron chi connectivity index (χ4n) is 2.23. The van der Waals surface area contributed by atoms with Crippen LogP contribution in [0.25, 0.3) is 10.9 Å². The minimum Gasteiger partial charge on any atom is -0.377 e. The van der Waals surface area contributed by atoms with Gasteiger partial charge in [0.1, 0.15) is 0 Å². The number of aromatic nitrogens is 1. The molecule has 0 radical (unpaired) electrons. The van der Waals surface area contributed by atoms with Crippen LogP contribution in [-0.2, 0) is 0 Å². The van der Waals surface area contributed by atoms with Crippen molar-refractivity contribution in [1.82, 2.24) is 4.98 Å². The van der Waals surface area contributed by atoms with E-state index >= 15 is 0 Å². The van der Waals surface area contributed by atoms with E-state index in [2.05, 4.69) is 53.6 Å². The summed E-state index contributed by atoms with van der Waals surface area (Å²) < 4.78 is 0. The third-order valence-corrected chi connectivity index (χ3v) is 3.27. The third kappa shape index (κ3) is 2.58. The summed E-state index contributed by atoms with van der Waals surface area (Å²) >= 11 is 0. The Morgan fingerprint density at radius 2 is 1.68 bits per heavy atom. The van der Waals surface area contributed by atoms with E-state index in [9.17, 15) is 0 Å². The Balaban J connectivity index is 1.85. The highest BCUT2D eigenvalue weighted by Crippen LogP contribution is 2.21. The van der Waals surface area contributed by atoms with Gasteiger partial charge in [0.15, 0.2) is 0 Å². The number of pyridine rings is 1. The molecular weight excluding hydrogens is 232 g/mol. The zero-order valence-corrected chi connectivity index (χ0v) is 10.9. The molecule has 19 heavy (non-hydrogen) atoms. The number of nitrogens with one attached hydrogen (secondary N) is 1. The van der Waals surface area contributed by atoms with E-state index < -0.39 is 0 Å². The van der Waals surface area contributed by atoms with Gasteiger partial charge in [-0.2, -0.15) is 0 Å². The molecule has 0 spiro atoms. The quantitative estimate of drug-likeness (QED) is 0.742. The van der Waals surface area contributed by atoms with Gasteiger partial charge in [-0.15, -0.1) is 0 Å². The van der Waals surface area contributed by atoms with Gasteiger partial charge in [0, 0.05) is 11.4 Å². The van der Waals surface area contributed by atoms with Gasteiger partial charge in [-0.3, -0.25) is 4.98 Å². The van der Waals surface area contributed by atoms with Crippen LogP contribution in [0.2, 0.25) is 0 Å². The van der Waals surface area contributed by atoms with Gasteiger partial charge in [-0.25, -0.2) is 0 Å². The fraction of sp³-hybridized carbons (Fsp3) is 0.118. The van der Waals surface area contributed by atoms with Crippen LogP contribution in [0.5, 0.6) is 0 Å². The van der Waals surface area contributed by atoms with E-state index in [0.29, 0.717) is 0 Å². The first-order valence-corrected chi connectivity index (χ1v) is 6.49. The molecule has 0 aliphatic rings. The van der Waals surface area contributed by atoms with Crippen LogP contribution in [0, 0.1) is 0 Å². The molecule has 2 aromatic carbocycles. The van der Waals surface area contributed by atoms with Crippen molar-refractivity contribution in [3.8, 4) is 0 Å². The molecule has 3 aromatic rings. The van der Waals surface area contributed by atoms with Crippen molar-refractivity contribution in [2.24, 2.45) is 0 Å². The van der Waals surface area contributed by atoms with Crippen molar-refractivity contribution in [2.75, 3.05) is 5.32 Å². The second kappa shape index (κ2) is 5.11. The molecule has 94 valence electrons. The lowest BCUT2D eigenvalue weighted by Gasteiger charge is -2.15. The number of hydrogen-bond acceptors (Lipinski definition) is 2. The first-order chi connectivity index (χ1) is 9.33. The molecule has 3 rings (SSSR count). The lowest BCUT2D eigenvalue weighted by atomic mass is 10.1. The molecule has 1 heterocycles. The summed E-state index contributed by atoms with van der Waals surface area (Å²) in [4.78, 5) is 4.47. The Morgan fingerprint density at radius 1 is 0.947 bits per heavy atom. The average Bonchev–Trinajstić information content (AvgIpc) is 2.48. The number of fused-ring (bicyclic) bond motifs is 1. The van der Waals surface area contributed by atoms with Gasteiger partial charge < -0.3 is 5.32 Å². The topological polar surface area (TPSA) is 24.9 Å². The third-order valence-electron chi connectivity index (χ3n) is 3.27. The van der Waals surface area contributed by atoms with E-state index in [-0.39, 0.29) is 6.04 Å². The van der Waals surface area contributed by atoms with E-state index in [1.54, 1.807) is 0 Å². The van der Waals surface area contributed by atoms with Gasteiger partial charge in [0.25, 0.3) is 0 Å². The van der Waals surface area contributed by atoms with Gasteiger partial charge in [0.05, 0.1) is 17.4 Å². The molecule has 0 saturated heterocycles. The first-order valence-electron chi connectivity index (χ1n) is 6.49. The van der Waals surface area contributed by atoms with Crippen LogP contribution < -0.4 is 5.32 Å². The number of para-hydroxylation sites is 1. The Bertz CT molecular complexity index is 677. The highest BCUT2D eigenvalue weighted by atomic mass is 14.9. The van der Waals surface area contributed by atoms with Crippen molar-refractivity contribution in [1.29, 1.82) is 0 Å². The lowest BCUT2D eigenvalue weighted by molar-refractivity contribution is 0.884. The van der Waals surface area contributed by atoms with Gasteiger partial charge >= 0.3 is 0 Å². The van der Waals surface area contributed by atoms with Crippen LogP contribution in [-0.4, -0.2) is 4.98 Å². The Labute approximate surface area is 113 Å². The van der Waals surface area contributed by atoms with Crippen LogP contribution in [0.15, 0.2) is 66.9 Å². The second-order valence-corrected chi connectivity index (χ2v) is 4.69. The lowest BCUT2D eigenvalue weighted by Crippen LogP contribution is -2.06. The molecule has 2 heteroatoms. The largest absolute Gasteiger partial charge is 0.377 e. The number of hydrogen-bond donors (Lipinski definition) is 1. The highest BCUT2D eigenvalue weighted by molar-refractivity contribution is 5.81. The van der Waals surface area contributed by atoms with Crippen LogP contribution in [0.3, 0.4) is 0 Å². The predicted molar refractivity (Wildman–Crippen MR) is 80.2 cm³/mol. The summed E-state index contributed by atoms with van der Waals surface area (Å²) in [6, 6.07) is 21.0. The smallest absolute Gasteiger partial charge is 0.0703 e. The standard InChI is InChI=1S/C17H16N2/c1-13(14-7-3-2-4-8-14)19-16-11-15-9-5-6-10-17(15)18-12-16/h2-13,19H,1H3. The molecule has 0 bridgehead atoms. The molecule has 1 aromatic heterocycles. The molecule has 2 nitrogen and oxygen atoms in total. The number of nitrogens with zero attached hydrogens (tertiary/aromatic N) is 1. The maximum Gasteiger partial charge on any atom is 0.0703 e. The summed E-state index contributed by atoms with van der Waals surface area (Å²) in [7, 11) is 0. The van der Waals surface area contributed by atoms with Crippen molar-refractivity contribution in [2.45, 2.75) is 13.0 Å². The molecule has 0 saturated carbocycles. The monoisotopic (exact) mass is 248 g/mol. The minimum absolute atomic E-state index is 0.268. The van der Waals surface area contributed by atoms with Crippen molar-refractivity contribution in [3.63, 3.8) is 0 Å². The van der Waals surface area contributed by atoms with E-state index in [1.807, 2.05) is 30.5 Å². The minimum atomic E-state index is 0.268. The van der Waals surface area contributed by atoms with E-state index in [1.165, 1.54) is 5.56 Å². The SMILES string of the molecule is CC(Nc1cnc2ccccc2c1)c1ccccc1. The maximum absolute atomic E-state index is 4.47. The maximum atomic E-state index is 4.47. The number of benzene rings is 2. The molecule has 1 atom stereocenters. The first kappa shape index (κ1) is 11.7.